The number of aryl methyl sites for hydroxylation is 1. The molecular formula is C15H21NO3. The van der Waals surface area contributed by atoms with Gasteiger partial charge in [-0.3, -0.25) is 4.79 Å². The summed E-state index contributed by atoms with van der Waals surface area (Å²) in [5.74, 6) is -0.0411. The van der Waals surface area contributed by atoms with Gasteiger partial charge in [-0.2, -0.15) is 0 Å². The Kier molecular flexibility index (Phi) is 4.22. The van der Waals surface area contributed by atoms with Crippen LogP contribution in [0.15, 0.2) is 12.1 Å². The largest absolute Gasteiger partial charge is 0.386 e. The Hall–Kier alpha value is -1.39. The molecule has 1 aliphatic heterocycles. The number of hydrogen-bond donors (Lipinski definition) is 2. The lowest BCUT2D eigenvalue weighted by molar-refractivity contribution is -0.117. The summed E-state index contributed by atoms with van der Waals surface area (Å²) in [6, 6.07) is 3.89. The summed E-state index contributed by atoms with van der Waals surface area (Å²) < 4.78 is 4.99. The molecule has 4 nitrogen and oxygen atoms in total. The highest BCUT2D eigenvalue weighted by Crippen LogP contribution is 2.39. The van der Waals surface area contributed by atoms with Gasteiger partial charge in [-0.05, 0) is 29.5 Å². The first-order valence-corrected chi connectivity index (χ1v) is 6.76. The van der Waals surface area contributed by atoms with Crippen molar-refractivity contribution in [2.75, 3.05) is 19.0 Å². The van der Waals surface area contributed by atoms with Crippen molar-refractivity contribution in [2.24, 2.45) is 0 Å². The Morgan fingerprint density at radius 2 is 2.16 bits per heavy atom. The van der Waals surface area contributed by atoms with Crippen molar-refractivity contribution in [1.29, 1.82) is 0 Å². The number of carbonyl (C=O) groups excluding carboxylic acids is 1. The van der Waals surface area contributed by atoms with Crippen molar-refractivity contribution in [3.63, 3.8) is 0 Å². The normalized spacial score (nSPS) is 19.2. The minimum Gasteiger partial charge on any atom is -0.386 e. The van der Waals surface area contributed by atoms with Crippen molar-refractivity contribution in [2.45, 2.75) is 38.7 Å². The summed E-state index contributed by atoms with van der Waals surface area (Å²) in [4.78, 5) is 11.9. The molecule has 0 bridgehead atoms. The summed E-state index contributed by atoms with van der Waals surface area (Å²) in [6.45, 7) is 4.32. The van der Waals surface area contributed by atoms with Gasteiger partial charge in [-0.25, -0.2) is 0 Å². The number of hydrogen-bond acceptors (Lipinski definition) is 3. The molecule has 0 radical (unpaired) electrons. The van der Waals surface area contributed by atoms with Crippen LogP contribution in [0.2, 0.25) is 0 Å². The van der Waals surface area contributed by atoms with Gasteiger partial charge < -0.3 is 15.2 Å². The second-order valence-electron chi connectivity index (χ2n) is 4.92. The first-order valence-electron chi connectivity index (χ1n) is 6.76. The van der Waals surface area contributed by atoms with Crippen LogP contribution in [0.3, 0.4) is 0 Å². The van der Waals surface area contributed by atoms with Gasteiger partial charge in [0.25, 0.3) is 0 Å². The molecule has 1 amide bonds. The van der Waals surface area contributed by atoms with Crippen LogP contribution in [-0.4, -0.2) is 24.7 Å². The molecule has 0 fully saturated rings. The van der Waals surface area contributed by atoms with Crippen molar-refractivity contribution in [3.8, 4) is 0 Å². The third-order valence-electron chi connectivity index (χ3n) is 3.71. The van der Waals surface area contributed by atoms with E-state index < -0.39 is 6.10 Å². The molecule has 19 heavy (non-hydrogen) atoms. The van der Waals surface area contributed by atoms with Crippen molar-refractivity contribution in [1.82, 2.24) is 0 Å². The Morgan fingerprint density at radius 1 is 1.42 bits per heavy atom. The molecule has 2 rings (SSSR count). The molecule has 2 unspecified atom stereocenters. The Morgan fingerprint density at radius 3 is 2.74 bits per heavy atom. The molecule has 0 spiro atoms. The van der Waals surface area contributed by atoms with Gasteiger partial charge in [0.1, 0.15) is 6.10 Å². The molecule has 1 aromatic carbocycles. The Labute approximate surface area is 113 Å². The van der Waals surface area contributed by atoms with Crippen LogP contribution in [-0.2, 0) is 16.0 Å². The van der Waals surface area contributed by atoms with Gasteiger partial charge in [-0.15, -0.1) is 0 Å². The van der Waals surface area contributed by atoms with E-state index in [0.29, 0.717) is 0 Å². The minimum absolute atomic E-state index is 0.0607. The molecule has 104 valence electrons. The molecule has 1 aromatic rings. The van der Waals surface area contributed by atoms with Crippen molar-refractivity contribution >= 4 is 11.6 Å². The summed E-state index contributed by atoms with van der Waals surface area (Å²) >= 11 is 0. The number of methoxy groups -OCH3 is 1. The second-order valence-corrected chi connectivity index (χ2v) is 4.92. The zero-order chi connectivity index (χ0) is 14.0. The van der Waals surface area contributed by atoms with Crippen molar-refractivity contribution < 1.29 is 14.6 Å². The second kappa shape index (κ2) is 5.72. The number of aliphatic hydroxyl groups is 1. The molecule has 2 atom stereocenters. The zero-order valence-electron chi connectivity index (χ0n) is 11.7. The van der Waals surface area contributed by atoms with Crippen LogP contribution in [0.5, 0.6) is 0 Å². The lowest BCUT2D eigenvalue weighted by atomic mass is 9.92. The molecule has 4 heteroatoms. The molecule has 2 N–H and O–H groups in total. The highest BCUT2D eigenvalue weighted by atomic mass is 16.5. The minimum atomic E-state index is -0.645. The lowest BCUT2D eigenvalue weighted by Crippen LogP contribution is -2.11. The van der Waals surface area contributed by atoms with E-state index in [2.05, 4.69) is 5.32 Å². The molecule has 0 aliphatic carbocycles. The molecule has 0 saturated heterocycles. The van der Waals surface area contributed by atoms with E-state index in [1.54, 1.807) is 7.11 Å². The number of amides is 1. The van der Waals surface area contributed by atoms with Crippen LogP contribution in [0.1, 0.15) is 49.0 Å². The third kappa shape index (κ3) is 2.51. The summed E-state index contributed by atoms with van der Waals surface area (Å²) in [7, 11) is 1.57. The number of benzene rings is 1. The maximum absolute atomic E-state index is 11.9. The van der Waals surface area contributed by atoms with Crippen LogP contribution in [0, 0.1) is 0 Å². The summed E-state index contributed by atoms with van der Waals surface area (Å²) in [6.07, 6.45) is 0.951. The van der Waals surface area contributed by atoms with Gasteiger partial charge in [0.15, 0.2) is 0 Å². The van der Waals surface area contributed by atoms with Crippen molar-refractivity contribution in [3.05, 3.63) is 28.8 Å². The van der Waals surface area contributed by atoms with Crippen LogP contribution in [0.25, 0.3) is 0 Å². The number of nitrogens with one attached hydrogen (secondary N) is 1. The fraction of sp³-hybridized carbons (Fsp3) is 0.533. The van der Waals surface area contributed by atoms with Gasteiger partial charge in [0, 0.05) is 12.8 Å². The first-order chi connectivity index (χ1) is 9.12. The number of ether oxygens (including phenoxy) is 1. The third-order valence-corrected chi connectivity index (χ3v) is 3.71. The molecule has 1 heterocycles. The quantitative estimate of drug-likeness (QED) is 0.857. The van der Waals surface area contributed by atoms with E-state index in [1.807, 2.05) is 26.0 Å². The Balaban J connectivity index is 2.46. The van der Waals surface area contributed by atoms with Crippen LogP contribution in [0.4, 0.5) is 5.69 Å². The van der Waals surface area contributed by atoms with Gasteiger partial charge in [0.05, 0.1) is 12.5 Å². The Bertz CT molecular complexity index is 485. The molecule has 1 aliphatic rings. The van der Waals surface area contributed by atoms with Gasteiger partial charge in [0.2, 0.25) is 5.91 Å². The molecular weight excluding hydrogens is 242 g/mol. The molecule has 0 saturated carbocycles. The average molecular weight is 263 g/mol. The monoisotopic (exact) mass is 263 g/mol. The van der Waals surface area contributed by atoms with Crippen LogP contribution < -0.4 is 5.32 Å². The maximum Gasteiger partial charge on any atom is 0.232 e. The topological polar surface area (TPSA) is 58.6 Å². The fourth-order valence-corrected chi connectivity index (χ4v) is 2.66. The van der Waals surface area contributed by atoms with Gasteiger partial charge in [-0.1, -0.05) is 26.0 Å². The maximum atomic E-state index is 11.9. The predicted molar refractivity (Wildman–Crippen MR) is 74.3 cm³/mol. The van der Waals surface area contributed by atoms with E-state index in [9.17, 15) is 9.90 Å². The van der Waals surface area contributed by atoms with E-state index in [4.69, 9.17) is 4.74 Å². The zero-order valence-corrected chi connectivity index (χ0v) is 11.7. The standard InChI is InChI=1S/C15H21NO3/c1-4-9-6-10(13(17)8-19-3)7-12-11(5-2)15(18)16-14(9)12/h6-7,11,13,17H,4-5,8H2,1-3H3,(H,16,18). The predicted octanol–water partition coefficient (Wildman–Crippen LogP) is 2.37. The highest BCUT2D eigenvalue weighted by Gasteiger charge is 2.31. The summed E-state index contributed by atoms with van der Waals surface area (Å²) in [5.41, 5.74) is 3.85. The number of fused-ring (bicyclic) bond motifs is 1. The highest BCUT2D eigenvalue weighted by molar-refractivity contribution is 6.03. The molecule has 0 aromatic heterocycles. The van der Waals surface area contributed by atoms with E-state index in [1.165, 1.54) is 0 Å². The van der Waals surface area contributed by atoms with E-state index in [0.717, 1.165) is 35.2 Å². The van der Waals surface area contributed by atoms with Gasteiger partial charge >= 0.3 is 0 Å². The van der Waals surface area contributed by atoms with E-state index in [-0.39, 0.29) is 18.4 Å². The SMILES string of the molecule is CCc1cc(C(O)COC)cc2c1NC(=O)C2CC. The van der Waals surface area contributed by atoms with E-state index >= 15 is 0 Å². The summed E-state index contributed by atoms with van der Waals surface area (Å²) in [5, 5.41) is 13.0. The number of rotatable bonds is 5. The lowest BCUT2D eigenvalue weighted by Gasteiger charge is -2.15. The smallest absolute Gasteiger partial charge is 0.232 e. The first kappa shape index (κ1) is 14.0. The van der Waals surface area contributed by atoms with Crippen LogP contribution >= 0.6 is 0 Å². The number of aliphatic hydroxyl groups excluding tert-OH is 1. The number of carbonyl (C=O) groups is 1. The average Bonchev–Trinajstić information content (AvgIpc) is 2.73. The number of anilines is 1. The fourth-order valence-electron chi connectivity index (χ4n) is 2.66.